The van der Waals surface area contributed by atoms with Crippen molar-refractivity contribution in [2.24, 2.45) is 0 Å². The van der Waals surface area contributed by atoms with E-state index >= 15 is 0 Å². The number of hydrogen-bond acceptors (Lipinski definition) is 5. The number of nitrogens with one attached hydrogen (secondary N) is 2. The molecule has 2 aromatic rings. The van der Waals surface area contributed by atoms with Crippen molar-refractivity contribution in [2.75, 3.05) is 16.4 Å². The van der Waals surface area contributed by atoms with Crippen molar-refractivity contribution in [3.8, 4) is 0 Å². The van der Waals surface area contributed by atoms with E-state index < -0.39 is 0 Å². The van der Waals surface area contributed by atoms with Crippen molar-refractivity contribution in [2.45, 2.75) is 26.3 Å². The van der Waals surface area contributed by atoms with Gasteiger partial charge in [0, 0.05) is 5.54 Å². The molecule has 0 atom stereocenters. The first-order valence-corrected chi connectivity index (χ1v) is 7.13. The lowest BCUT2D eigenvalue weighted by Gasteiger charge is -2.23. The second kappa shape index (κ2) is 5.95. The highest BCUT2D eigenvalue weighted by atomic mass is 35.5. The predicted octanol–water partition coefficient (Wildman–Crippen LogP) is 4.32. The Morgan fingerprint density at radius 2 is 1.76 bits per heavy atom. The Morgan fingerprint density at radius 1 is 1.10 bits per heavy atom. The number of aromatic nitrogens is 2. The van der Waals surface area contributed by atoms with Gasteiger partial charge in [0.05, 0.1) is 15.7 Å². The Bertz CT molecular complexity index is 652. The molecule has 1 heterocycles. The molecule has 0 aliphatic carbocycles. The molecule has 5 nitrogen and oxygen atoms in total. The lowest BCUT2D eigenvalue weighted by atomic mass is 10.1. The van der Waals surface area contributed by atoms with Crippen LogP contribution in [0, 0.1) is 0 Å². The third kappa shape index (κ3) is 3.89. The molecule has 0 aliphatic rings. The fourth-order valence-corrected chi connectivity index (χ4v) is 2.03. The average molecular weight is 326 g/mol. The van der Waals surface area contributed by atoms with E-state index in [1.165, 1.54) is 6.33 Å². The van der Waals surface area contributed by atoms with Gasteiger partial charge in [-0.1, -0.05) is 29.3 Å². The number of anilines is 4. The molecule has 0 bridgehead atoms. The van der Waals surface area contributed by atoms with E-state index in [0.29, 0.717) is 33.1 Å². The number of benzene rings is 1. The average Bonchev–Trinajstić information content (AvgIpc) is 2.38. The van der Waals surface area contributed by atoms with E-state index in [4.69, 9.17) is 28.9 Å². The zero-order chi connectivity index (χ0) is 15.6. The Balaban J connectivity index is 2.33. The van der Waals surface area contributed by atoms with Crippen LogP contribution in [0.1, 0.15) is 20.8 Å². The van der Waals surface area contributed by atoms with Crippen LogP contribution < -0.4 is 16.4 Å². The van der Waals surface area contributed by atoms with Gasteiger partial charge in [-0.15, -0.1) is 0 Å². The molecule has 0 fully saturated rings. The zero-order valence-corrected chi connectivity index (χ0v) is 13.5. The van der Waals surface area contributed by atoms with E-state index in [1.807, 2.05) is 20.8 Å². The second-order valence-corrected chi connectivity index (χ2v) is 6.37. The molecule has 0 aliphatic heterocycles. The Morgan fingerprint density at radius 3 is 2.43 bits per heavy atom. The van der Waals surface area contributed by atoms with Crippen LogP contribution in [-0.4, -0.2) is 15.5 Å². The fraction of sp³-hybridized carbons (Fsp3) is 0.286. The summed E-state index contributed by atoms with van der Waals surface area (Å²) < 4.78 is 0. The number of nitrogen functional groups attached to an aromatic ring is 1. The number of nitrogens with zero attached hydrogens (tertiary/aromatic N) is 2. The van der Waals surface area contributed by atoms with E-state index in [1.54, 1.807) is 18.2 Å². The van der Waals surface area contributed by atoms with Crippen LogP contribution in [0.2, 0.25) is 10.0 Å². The number of rotatable bonds is 3. The summed E-state index contributed by atoms with van der Waals surface area (Å²) in [5, 5.41) is 7.18. The van der Waals surface area contributed by atoms with Gasteiger partial charge in [0.15, 0.2) is 11.6 Å². The quantitative estimate of drug-likeness (QED) is 0.783. The molecule has 7 heteroatoms. The van der Waals surface area contributed by atoms with Crippen molar-refractivity contribution < 1.29 is 0 Å². The number of nitrogens with two attached hydrogens (primary N) is 1. The maximum atomic E-state index is 6.15. The van der Waals surface area contributed by atoms with Gasteiger partial charge in [0.1, 0.15) is 12.0 Å². The molecule has 21 heavy (non-hydrogen) atoms. The minimum Gasteiger partial charge on any atom is -0.393 e. The normalized spacial score (nSPS) is 11.3. The fourth-order valence-electron chi connectivity index (χ4n) is 1.68. The van der Waals surface area contributed by atoms with Gasteiger partial charge in [0.2, 0.25) is 0 Å². The standard InChI is InChI=1S/C14H17Cl2N5/c1-14(2,3)21-13-11(17)12(18-7-19-13)20-9-6-4-5-8(15)10(9)16/h4-7H,17H2,1-3H3,(H2,18,19,20,21). The third-order valence-corrected chi connectivity index (χ3v) is 3.40. The van der Waals surface area contributed by atoms with Crippen molar-refractivity contribution in [1.29, 1.82) is 0 Å². The first kappa shape index (κ1) is 15.7. The van der Waals surface area contributed by atoms with Crippen molar-refractivity contribution in [3.63, 3.8) is 0 Å². The van der Waals surface area contributed by atoms with Crippen molar-refractivity contribution in [3.05, 3.63) is 34.6 Å². The predicted molar refractivity (Wildman–Crippen MR) is 89.6 cm³/mol. The van der Waals surface area contributed by atoms with Gasteiger partial charge in [-0.3, -0.25) is 0 Å². The van der Waals surface area contributed by atoms with Crippen molar-refractivity contribution >= 4 is 46.2 Å². The summed E-state index contributed by atoms with van der Waals surface area (Å²) in [6.45, 7) is 6.07. The van der Waals surface area contributed by atoms with Crippen LogP contribution in [0.15, 0.2) is 24.5 Å². The van der Waals surface area contributed by atoms with Gasteiger partial charge in [-0.2, -0.15) is 0 Å². The molecular weight excluding hydrogens is 309 g/mol. The molecule has 1 aromatic carbocycles. The molecule has 0 saturated carbocycles. The van der Waals surface area contributed by atoms with Gasteiger partial charge in [-0.05, 0) is 32.9 Å². The maximum absolute atomic E-state index is 6.15. The SMILES string of the molecule is CC(C)(C)Nc1ncnc(Nc2cccc(Cl)c2Cl)c1N. The lowest BCUT2D eigenvalue weighted by molar-refractivity contribution is 0.630. The van der Waals surface area contributed by atoms with Crippen molar-refractivity contribution in [1.82, 2.24) is 9.97 Å². The molecule has 0 spiro atoms. The highest BCUT2D eigenvalue weighted by molar-refractivity contribution is 6.43. The summed E-state index contributed by atoms with van der Waals surface area (Å²) in [4.78, 5) is 8.31. The van der Waals surface area contributed by atoms with E-state index in [0.717, 1.165) is 0 Å². The van der Waals surface area contributed by atoms with Crippen LogP contribution >= 0.6 is 23.2 Å². The molecule has 112 valence electrons. The first-order valence-electron chi connectivity index (χ1n) is 6.37. The van der Waals surface area contributed by atoms with Crippen LogP contribution in [0.5, 0.6) is 0 Å². The lowest BCUT2D eigenvalue weighted by Crippen LogP contribution is -2.27. The molecule has 1 aromatic heterocycles. The monoisotopic (exact) mass is 325 g/mol. The maximum Gasteiger partial charge on any atom is 0.159 e. The van der Waals surface area contributed by atoms with Crippen LogP contribution in [0.25, 0.3) is 0 Å². The number of halogens is 2. The summed E-state index contributed by atoms with van der Waals surface area (Å²) in [7, 11) is 0. The molecule has 0 unspecified atom stereocenters. The Hall–Kier alpha value is -1.72. The molecular formula is C14H17Cl2N5. The van der Waals surface area contributed by atoms with E-state index in [-0.39, 0.29) is 5.54 Å². The summed E-state index contributed by atoms with van der Waals surface area (Å²) in [6.07, 6.45) is 1.44. The Kier molecular flexibility index (Phi) is 4.44. The zero-order valence-electron chi connectivity index (χ0n) is 12.0. The highest BCUT2D eigenvalue weighted by Gasteiger charge is 2.15. The minimum atomic E-state index is -0.159. The first-order chi connectivity index (χ1) is 9.78. The van der Waals surface area contributed by atoms with Crippen LogP contribution in [0.3, 0.4) is 0 Å². The largest absolute Gasteiger partial charge is 0.393 e. The van der Waals surface area contributed by atoms with Gasteiger partial charge in [0.25, 0.3) is 0 Å². The topological polar surface area (TPSA) is 75.9 Å². The third-order valence-electron chi connectivity index (χ3n) is 2.58. The van der Waals surface area contributed by atoms with Gasteiger partial charge >= 0.3 is 0 Å². The summed E-state index contributed by atoms with van der Waals surface area (Å²) >= 11 is 12.1. The molecule has 0 amide bonds. The summed E-state index contributed by atoms with van der Waals surface area (Å²) in [5.41, 5.74) is 7.00. The number of hydrogen-bond donors (Lipinski definition) is 3. The Labute approximate surface area is 133 Å². The smallest absolute Gasteiger partial charge is 0.159 e. The summed E-state index contributed by atoms with van der Waals surface area (Å²) in [5.74, 6) is 1.04. The van der Waals surface area contributed by atoms with Gasteiger partial charge in [-0.25, -0.2) is 9.97 Å². The molecule has 4 N–H and O–H groups in total. The van der Waals surface area contributed by atoms with E-state index in [9.17, 15) is 0 Å². The molecule has 0 saturated heterocycles. The van der Waals surface area contributed by atoms with Crippen LogP contribution in [0.4, 0.5) is 23.0 Å². The van der Waals surface area contributed by atoms with Crippen LogP contribution in [-0.2, 0) is 0 Å². The van der Waals surface area contributed by atoms with E-state index in [2.05, 4.69) is 20.6 Å². The van der Waals surface area contributed by atoms with Gasteiger partial charge < -0.3 is 16.4 Å². The second-order valence-electron chi connectivity index (χ2n) is 5.59. The summed E-state index contributed by atoms with van der Waals surface area (Å²) in [6, 6.07) is 5.31. The molecule has 2 rings (SSSR count). The molecule has 0 radical (unpaired) electrons. The minimum absolute atomic E-state index is 0.159. The highest BCUT2D eigenvalue weighted by Crippen LogP contribution is 2.34.